The first-order valence-corrected chi connectivity index (χ1v) is 5.14. The molecule has 0 bridgehead atoms. The van der Waals surface area contributed by atoms with E-state index in [1.807, 2.05) is 0 Å². The third kappa shape index (κ3) is 2.11. The van der Waals surface area contributed by atoms with Gasteiger partial charge in [-0.3, -0.25) is 5.10 Å². The normalized spacial score (nSPS) is 11.8. The number of hydrogen-bond donors (Lipinski definition) is 1. The summed E-state index contributed by atoms with van der Waals surface area (Å²) in [5.74, 6) is 0. The van der Waals surface area contributed by atoms with Crippen molar-refractivity contribution in [1.29, 1.82) is 0 Å². The molecular formula is C10H6BrF3N2. The fourth-order valence-corrected chi connectivity index (χ4v) is 1.78. The zero-order chi connectivity index (χ0) is 11.8. The summed E-state index contributed by atoms with van der Waals surface area (Å²) in [6.45, 7) is 0. The molecule has 0 radical (unpaired) electrons. The maximum atomic E-state index is 12.6. The SMILES string of the molecule is FC(F)(F)c1n[nH]cc1-c1cccc(Br)c1. The van der Waals surface area contributed by atoms with Crippen molar-refractivity contribution in [3.63, 3.8) is 0 Å². The number of nitrogens with one attached hydrogen (secondary N) is 1. The molecule has 0 spiro atoms. The van der Waals surface area contributed by atoms with Gasteiger partial charge < -0.3 is 0 Å². The maximum absolute atomic E-state index is 12.6. The number of hydrogen-bond acceptors (Lipinski definition) is 1. The molecule has 0 aliphatic heterocycles. The van der Waals surface area contributed by atoms with Crippen molar-refractivity contribution in [3.8, 4) is 11.1 Å². The number of rotatable bonds is 1. The molecule has 2 aromatic rings. The quantitative estimate of drug-likeness (QED) is 0.849. The van der Waals surface area contributed by atoms with E-state index >= 15 is 0 Å². The first kappa shape index (κ1) is 11.2. The Labute approximate surface area is 97.6 Å². The van der Waals surface area contributed by atoms with Gasteiger partial charge >= 0.3 is 6.18 Å². The monoisotopic (exact) mass is 290 g/mol. The average molecular weight is 291 g/mol. The van der Waals surface area contributed by atoms with Crippen molar-refractivity contribution in [2.45, 2.75) is 6.18 Å². The first-order valence-electron chi connectivity index (χ1n) is 4.35. The van der Waals surface area contributed by atoms with Crippen molar-refractivity contribution in [3.05, 3.63) is 40.6 Å². The van der Waals surface area contributed by atoms with E-state index in [1.54, 1.807) is 24.3 Å². The van der Waals surface area contributed by atoms with Crippen molar-refractivity contribution in [2.24, 2.45) is 0 Å². The van der Waals surface area contributed by atoms with E-state index in [0.29, 0.717) is 5.56 Å². The fraction of sp³-hybridized carbons (Fsp3) is 0.100. The van der Waals surface area contributed by atoms with Gasteiger partial charge in [0.1, 0.15) is 0 Å². The molecule has 0 unspecified atom stereocenters. The Kier molecular flexibility index (Phi) is 2.75. The van der Waals surface area contributed by atoms with E-state index in [0.717, 1.165) is 4.47 Å². The van der Waals surface area contributed by atoms with Crippen LogP contribution in [0, 0.1) is 0 Å². The van der Waals surface area contributed by atoms with E-state index in [4.69, 9.17) is 0 Å². The van der Waals surface area contributed by atoms with Crippen LogP contribution in [0.2, 0.25) is 0 Å². The lowest BCUT2D eigenvalue weighted by molar-refractivity contribution is -0.140. The Hall–Kier alpha value is -1.30. The number of H-pyrrole nitrogens is 1. The summed E-state index contributed by atoms with van der Waals surface area (Å²) < 4.78 is 38.4. The molecule has 0 saturated heterocycles. The molecule has 6 heteroatoms. The number of nitrogens with zero attached hydrogens (tertiary/aromatic N) is 1. The highest BCUT2D eigenvalue weighted by molar-refractivity contribution is 9.10. The lowest BCUT2D eigenvalue weighted by atomic mass is 10.1. The van der Waals surface area contributed by atoms with Crippen LogP contribution in [0.1, 0.15) is 5.69 Å². The molecule has 0 atom stereocenters. The summed E-state index contributed by atoms with van der Waals surface area (Å²) in [6, 6.07) is 6.63. The standard InChI is InChI=1S/C10H6BrF3N2/c11-7-3-1-2-6(4-7)8-5-15-16-9(8)10(12,13)14/h1-5H,(H,15,16). The van der Waals surface area contributed by atoms with Gasteiger partial charge in [-0.1, -0.05) is 28.1 Å². The van der Waals surface area contributed by atoms with E-state index in [1.165, 1.54) is 6.20 Å². The minimum atomic E-state index is -4.45. The Morgan fingerprint density at radius 1 is 1.25 bits per heavy atom. The number of halogens is 4. The molecule has 16 heavy (non-hydrogen) atoms. The summed E-state index contributed by atoms with van der Waals surface area (Å²) in [6.07, 6.45) is -3.21. The van der Waals surface area contributed by atoms with Crippen LogP contribution < -0.4 is 0 Å². The van der Waals surface area contributed by atoms with Gasteiger partial charge in [0, 0.05) is 16.2 Å². The summed E-state index contributed by atoms with van der Waals surface area (Å²) >= 11 is 3.21. The van der Waals surface area contributed by atoms with E-state index in [2.05, 4.69) is 26.1 Å². The van der Waals surface area contributed by atoms with Crippen molar-refractivity contribution in [2.75, 3.05) is 0 Å². The second-order valence-corrected chi connectivity index (χ2v) is 4.07. The minimum absolute atomic E-state index is 0.0498. The molecular weight excluding hydrogens is 285 g/mol. The van der Waals surface area contributed by atoms with Crippen molar-refractivity contribution < 1.29 is 13.2 Å². The highest BCUT2D eigenvalue weighted by Crippen LogP contribution is 2.35. The van der Waals surface area contributed by atoms with E-state index in [9.17, 15) is 13.2 Å². The molecule has 1 aromatic heterocycles. The topological polar surface area (TPSA) is 28.7 Å². The molecule has 2 rings (SSSR count). The van der Waals surface area contributed by atoms with Gasteiger partial charge in [0.25, 0.3) is 0 Å². The molecule has 0 aliphatic rings. The molecule has 2 nitrogen and oxygen atoms in total. The molecule has 1 N–H and O–H groups in total. The summed E-state index contributed by atoms with van der Waals surface area (Å²) in [4.78, 5) is 0. The zero-order valence-electron chi connectivity index (χ0n) is 7.85. The minimum Gasteiger partial charge on any atom is -0.284 e. The van der Waals surface area contributed by atoms with Gasteiger partial charge in [0.15, 0.2) is 5.69 Å². The molecule has 1 aromatic carbocycles. The molecule has 0 fully saturated rings. The highest BCUT2D eigenvalue weighted by Gasteiger charge is 2.36. The molecule has 0 saturated carbocycles. The van der Waals surface area contributed by atoms with Crippen LogP contribution >= 0.6 is 15.9 Å². The molecule has 1 heterocycles. The van der Waals surface area contributed by atoms with Gasteiger partial charge in [-0.25, -0.2) is 0 Å². The van der Waals surface area contributed by atoms with Crippen LogP contribution in [-0.4, -0.2) is 10.2 Å². The lowest BCUT2D eigenvalue weighted by Crippen LogP contribution is -2.07. The smallest absolute Gasteiger partial charge is 0.284 e. The maximum Gasteiger partial charge on any atom is 0.435 e. The van der Waals surface area contributed by atoms with Crippen molar-refractivity contribution in [1.82, 2.24) is 10.2 Å². The predicted octanol–water partition coefficient (Wildman–Crippen LogP) is 3.86. The predicted molar refractivity (Wildman–Crippen MR) is 56.7 cm³/mol. The Balaban J connectivity index is 2.53. The Morgan fingerprint density at radius 3 is 2.62 bits per heavy atom. The summed E-state index contributed by atoms with van der Waals surface area (Å²) in [5.41, 5.74) is -0.380. The van der Waals surface area contributed by atoms with E-state index < -0.39 is 11.9 Å². The zero-order valence-corrected chi connectivity index (χ0v) is 9.43. The van der Waals surface area contributed by atoms with Gasteiger partial charge in [-0.05, 0) is 17.7 Å². The van der Waals surface area contributed by atoms with Gasteiger partial charge in [-0.15, -0.1) is 0 Å². The second kappa shape index (κ2) is 3.93. The third-order valence-electron chi connectivity index (χ3n) is 2.04. The summed E-state index contributed by atoms with van der Waals surface area (Å²) in [7, 11) is 0. The van der Waals surface area contributed by atoms with Crippen LogP contribution in [0.15, 0.2) is 34.9 Å². The number of benzene rings is 1. The fourth-order valence-electron chi connectivity index (χ4n) is 1.38. The summed E-state index contributed by atoms with van der Waals surface area (Å²) in [5, 5.41) is 5.47. The van der Waals surface area contributed by atoms with Crippen LogP contribution in [0.5, 0.6) is 0 Å². The Morgan fingerprint density at radius 2 is 2.00 bits per heavy atom. The van der Waals surface area contributed by atoms with E-state index in [-0.39, 0.29) is 5.56 Å². The highest BCUT2D eigenvalue weighted by atomic mass is 79.9. The van der Waals surface area contributed by atoms with Gasteiger partial charge in [0.2, 0.25) is 0 Å². The first-order chi connectivity index (χ1) is 7.48. The number of aromatic amines is 1. The van der Waals surface area contributed by atoms with Crippen LogP contribution in [0.3, 0.4) is 0 Å². The largest absolute Gasteiger partial charge is 0.435 e. The number of alkyl halides is 3. The van der Waals surface area contributed by atoms with Gasteiger partial charge in [-0.2, -0.15) is 18.3 Å². The molecule has 0 amide bonds. The average Bonchev–Trinajstić information content (AvgIpc) is 2.65. The Bertz CT molecular complexity index is 505. The third-order valence-corrected chi connectivity index (χ3v) is 2.54. The van der Waals surface area contributed by atoms with Crippen LogP contribution in [-0.2, 0) is 6.18 Å². The molecule has 0 aliphatic carbocycles. The van der Waals surface area contributed by atoms with Crippen LogP contribution in [0.25, 0.3) is 11.1 Å². The number of aromatic nitrogens is 2. The lowest BCUT2D eigenvalue weighted by Gasteiger charge is -2.06. The van der Waals surface area contributed by atoms with Gasteiger partial charge in [0.05, 0.1) is 0 Å². The van der Waals surface area contributed by atoms with Crippen LogP contribution in [0.4, 0.5) is 13.2 Å². The molecule has 84 valence electrons. The second-order valence-electron chi connectivity index (χ2n) is 3.16. The van der Waals surface area contributed by atoms with Crippen molar-refractivity contribution >= 4 is 15.9 Å².